The molecule has 4 nitrogen and oxygen atoms in total. The number of furan rings is 1. The summed E-state index contributed by atoms with van der Waals surface area (Å²) in [7, 11) is -3.74. The number of benzene rings is 1. The van der Waals surface area contributed by atoms with Gasteiger partial charge in [-0.15, -0.1) is 0 Å². The maximum Gasteiger partial charge on any atom is 0.245 e. The van der Waals surface area contributed by atoms with Crippen LogP contribution in [0.3, 0.4) is 0 Å². The minimum absolute atomic E-state index is 0.100. The third-order valence-corrected chi connectivity index (χ3v) is 6.33. The lowest BCUT2D eigenvalue weighted by Gasteiger charge is -2.21. The van der Waals surface area contributed by atoms with Gasteiger partial charge in [-0.25, -0.2) is 8.42 Å². The van der Waals surface area contributed by atoms with E-state index in [1.807, 2.05) is 16.8 Å². The molecule has 3 rings (SSSR count). The van der Waals surface area contributed by atoms with Crippen molar-refractivity contribution in [1.29, 1.82) is 0 Å². The van der Waals surface area contributed by atoms with Crippen LogP contribution >= 0.6 is 22.9 Å². The van der Waals surface area contributed by atoms with Crippen LogP contribution in [0.25, 0.3) is 0 Å². The molecule has 0 saturated carbocycles. The molecule has 0 N–H and O–H groups in total. The van der Waals surface area contributed by atoms with Gasteiger partial charge in [-0.3, -0.25) is 0 Å². The van der Waals surface area contributed by atoms with Gasteiger partial charge in [0.2, 0.25) is 10.0 Å². The first-order chi connectivity index (χ1) is 11.1. The van der Waals surface area contributed by atoms with Crippen molar-refractivity contribution in [3.05, 3.63) is 75.8 Å². The maximum atomic E-state index is 13.0. The van der Waals surface area contributed by atoms with Gasteiger partial charge in [0.25, 0.3) is 0 Å². The van der Waals surface area contributed by atoms with E-state index in [0.717, 1.165) is 5.56 Å². The van der Waals surface area contributed by atoms with E-state index in [1.54, 1.807) is 30.3 Å². The largest absolute Gasteiger partial charge is 0.468 e. The third kappa shape index (κ3) is 3.67. The van der Waals surface area contributed by atoms with Gasteiger partial charge in [-0.1, -0.05) is 23.7 Å². The van der Waals surface area contributed by atoms with Gasteiger partial charge in [-0.05, 0) is 46.7 Å². The molecule has 23 heavy (non-hydrogen) atoms. The summed E-state index contributed by atoms with van der Waals surface area (Å²) in [5.41, 5.74) is 0.928. The quantitative estimate of drug-likeness (QED) is 0.649. The number of thiophene rings is 1. The minimum Gasteiger partial charge on any atom is -0.468 e. The zero-order chi connectivity index (χ0) is 16.3. The highest BCUT2D eigenvalue weighted by molar-refractivity contribution is 7.89. The van der Waals surface area contributed by atoms with Crippen molar-refractivity contribution in [2.75, 3.05) is 0 Å². The molecule has 0 fully saturated rings. The number of rotatable bonds is 6. The van der Waals surface area contributed by atoms with Crippen molar-refractivity contribution in [3.63, 3.8) is 0 Å². The standard InChI is InChI=1S/C16H14ClNO3S2/c17-15-5-1-2-6-16(15)23(19,20)18(10-13-7-9-22-12-13)11-14-4-3-8-21-14/h1-9,12H,10-11H2. The molecule has 0 amide bonds. The number of nitrogens with zero attached hydrogens (tertiary/aromatic N) is 1. The highest BCUT2D eigenvalue weighted by atomic mass is 35.5. The monoisotopic (exact) mass is 367 g/mol. The Balaban J connectivity index is 1.98. The summed E-state index contributed by atoms with van der Waals surface area (Å²) in [5, 5.41) is 4.06. The molecule has 0 aliphatic rings. The highest BCUT2D eigenvalue weighted by Crippen LogP contribution is 2.27. The van der Waals surface area contributed by atoms with Crippen molar-refractivity contribution in [2.45, 2.75) is 18.0 Å². The Kier molecular flexibility index (Phi) is 4.87. The Morgan fingerprint density at radius 2 is 1.91 bits per heavy atom. The van der Waals surface area contributed by atoms with Crippen LogP contribution in [0.4, 0.5) is 0 Å². The predicted octanol–water partition coefficient (Wildman–Crippen LogP) is 4.39. The molecule has 2 aromatic heterocycles. The summed E-state index contributed by atoms with van der Waals surface area (Å²) in [4.78, 5) is 0.100. The van der Waals surface area contributed by atoms with Crippen LogP contribution in [0.15, 0.2) is 68.8 Å². The normalized spacial score (nSPS) is 11.9. The summed E-state index contributed by atoms with van der Waals surface area (Å²) < 4.78 is 32.7. The number of hydrogen-bond donors (Lipinski definition) is 0. The van der Waals surface area contributed by atoms with E-state index in [1.165, 1.54) is 28.0 Å². The fourth-order valence-corrected chi connectivity index (χ4v) is 4.73. The van der Waals surface area contributed by atoms with Gasteiger partial charge >= 0.3 is 0 Å². The van der Waals surface area contributed by atoms with Crippen LogP contribution in [0, 0.1) is 0 Å². The molecule has 0 spiro atoms. The van der Waals surface area contributed by atoms with Crippen LogP contribution in [0.2, 0.25) is 5.02 Å². The minimum atomic E-state index is -3.74. The van der Waals surface area contributed by atoms with E-state index in [2.05, 4.69) is 0 Å². The molecule has 0 saturated heterocycles. The molecule has 1 aromatic carbocycles. The summed E-state index contributed by atoms with van der Waals surface area (Å²) >= 11 is 7.62. The van der Waals surface area contributed by atoms with E-state index >= 15 is 0 Å². The molecule has 0 unspecified atom stereocenters. The SMILES string of the molecule is O=S(=O)(c1ccccc1Cl)N(Cc1ccsc1)Cc1ccco1. The van der Waals surface area contributed by atoms with Crippen LogP contribution in [-0.4, -0.2) is 12.7 Å². The molecule has 3 aromatic rings. The highest BCUT2D eigenvalue weighted by Gasteiger charge is 2.27. The molecule has 0 aliphatic heterocycles. The lowest BCUT2D eigenvalue weighted by Crippen LogP contribution is -2.30. The second-order valence-corrected chi connectivity index (χ2v) is 8.01. The Morgan fingerprint density at radius 1 is 1.09 bits per heavy atom. The van der Waals surface area contributed by atoms with E-state index in [0.29, 0.717) is 5.76 Å². The topological polar surface area (TPSA) is 50.5 Å². The van der Waals surface area contributed by atoms with E-state index in [4.69, 9.17) is 16.0 Å². The first-order valence-corrected chi connectivity index (χ1v) is 9.61. The fourth-order valence-electron chi connectivity index (χ4n) is 2.18. The first kappa shape index (κ1) is 16.3. The third-order valence-electron chi connectivity index (χ3n) is 3.31. The lowest BCUT2D eigenvalue weighted by atomic mass is 10.3. The van der Waals surface area contributed by atoms with Gasteiger partial charge in [0.05, 0.1) is 17.8 Å². The van der Waals surface area contributed by atoms with Crippen LogP contribution in [0.5, 0.6) is 0 Å². The van der Waals surface area contributed by atoms with Crippen molar-refractivity contribution in [3.8, 4) is 0 Å². The maximum absolute atomic E-state index is 13.0. The predicted molar refractivity (Wildman–Crippen MR) is 90.9 cm³/mol. The number of sulfonamides is 1. The van der Waals surface area contributed by atoms with Crippen LogP contribution < -0.4 is 0 Å². The Bertz CT molecular complexity index is 822. The first-order valence-electron chi connectivity index (χ1n) is 6.85. The van der Waals surface area contributed by atoms with Crippen molar-refractivity contribution < 1.29 is 12.8 Å². The average molecular weight is 368 g/mol. The van der Waals surface area contributed by atoms with E-state index < -0.39 is 10.0 Å². The molecular formula is C16H14ClNO3S2. The molecule has 0 bridgehead atoms. The fraction of sp³-hybridized carbons (Fsp3) is 0.125. The second-order valence-electron chi connectivity index (χ2n) is 4.91. The summed E-state index contributed by atoms with van der Waals surface area (Å²) in [5.74, 6) is 0.579. The van der Waals surface area contributed by atoms with Gasteiger partial charge in [0.15, 0.2) is 0 Å². The van der Waals surface area contributed by atoms with Crippen molar-refractivity contribution in [2.24, 2.45) is 0 Å². The number of hydrogen-bond acceptors (Lipinski definition) is 4. The van der Waals surface area contributed by atoms with Crippen molar-refractivity contribution in [1.82, 2.24) is 4.31 Å². The molecule has 0 atom stereocenters. The number of halogens is 1. The molecule has 7 heteroatoms. The molecule has 120 valence electrons. The summed E-state index contributed by atoms with van der Waals surface area (Å²) in [6.07, 6.45) is 1.53. The molecule has 2 heterocycles. The summed E-state index contributed by atoms with van der Waals surface area (Å²) in [6, 6.07) is 11.8. The Hall–Kier alpha value is -1.60. The van der Waals surface area contributed by atoms with Crippen LogP contribution in [0.1, 0.15) is 11.3 Å². The van der Waals surface area contributed by atoms with Gasteiger partial charge in [0, 0.05) is 6.54 Å². The Morgan fingerprint density at radius 3 is 2.57 bits per heavy atom. The lowest BCUT2D eigenvalue weighted by molar-refractivity contribution is 0.359. The smallest absolute Gasteiger partial charge is 0.245 e. The van der Waals surface area contributed by atoms with Crippen LogP contribution in [-0.2, 0) is 23.1 Å². The van der Waals surface area contributed by atoms with E-state index in [9.17, 15) is 8.42 Å². The summed E-state index contributed by atoms with van der Waals surface area (Å²) in [6.45, 7) is 0.411. The molecule has 0 aliphatic carbocycles. The van der Waals surface area contributed by atoms with Gasteiger partial charge in [-0.2, -0.15) is 15.6 Å². The average Bonchev–Trinajstić information content (AvgIpc) is 3.20. The van der Waals surface area contributed by atoms with Gasteiger partial charge < -0.3 is 4.42 Å². The zero-order valence-electron chi connectivity index (χ0n) is 12.1. The Labute approximate surface area is 144 Å². The second kappa shape index (κ2) is 6.88. The van der Waals surface area contributed by atoms with Crippen molar-refractivity contribution >= 4 is 33.0 Å². The zero-order valence-corrected chi connectivity index (χ0v) is 14.4. The van der Waals surface area contributed by atoms with E-state index in [-0.39, 0.29) is 23.0 Å². The molecule has 0 radical (unpaired) electrons. The molecular weight excluding hydrogens is 354 g/mol. The van der Waals surface area contributed by atoms with Gasteiger partial charge in [0.1, 0.15) is 10.7 Å².